The van der Waals surface area contributed by atoms with Gasteiger partial charge in [-0.15, -0.1) is 0 Å². The molecule has 0 aliphatic rings. The van der Waals surface area contributed by atoms with Gasteiger partial charge in [-0.1, -0.05) is 6.07 Å². The van der Waals surface area contributed by atoms with E-state index in [2.05, 4.69) is 0 Å². The zero-order valence-corrected chi connectivity index (χ0v) is 7.21. The minimum Gasteiger partial charge on any atom is -0.425 e. The van der Waals surface area contributed by atoms with Gasteiger partial charge in [0.2, 0.25) is 0 Å². The summed E-state index contributed by atoms with van der Waals surface area (Å²) in [5.74, 6) is -0.802. The van der Waals surface area contributed by atoms with E-state index >= 15 is 0 Å². The normalized spacial score (nSPS) is 9.77. The fourth-order valence-electron chi connectivity index (χ4n) is 0.810. The van der Waals surface area contributed by atoms with Crippen LogP contribution in [0.15, 0.2) is 18.2 Å². The lowest BCUT2D eigenvalue weighted by Crippen LogP contribution is -2.19. The van der Waals surface area contributed by atoms with E-state index in [1.54, 1.807) is 6.92 Å². The second-order valence-corrected chi connectivity index (χ2v) is 2.59. The van der Waals surface area contributed by atoms with Gasteiger partial charge >= 0.3 is 5.97 Å². The van der Waals surface area contributed by atoms with Crippen LogP contribution in [0.3, 0.4) is 0 Å². The number of carbonyl (C=O) groups excluding carboxylic acids is 1. The summed E-state index contributed by atoms with van der Waals surface area (Å²) in [5, 5.41) is 0. The molecule has 0 aromatic heterocycles. The van der Waals surface area contributed by atoms with Gasteiger partial charge in [0, 0.05) is 6.07 Å². The Bertz CT molecular complexity index is 325. The fraction of sp³-hybridized carbons (Fsp3) is 0.222. The summed E-state index contributed by atoms with van der Waals surface area (Å²) >= 11 is 0. The molecule has 0 unspecified atom stereocenters. The molecule has 1 aromatic rings. The van der Waals surface area contributed by atoms with Crippen LogP contribution in [0.1, 0.15) is 5.56 Å². The van der Waals surface area contributed by atoms with Gasteiger partial charge in [-0.25, -0.2) is 4.39 Å². The van der Waals surface area contributed by atoms with Crippen molar-refractivity contribution in [1.82, 2.24) is 0 Å². The van der Waals surface area contributed by atoms with E-state index in [1.807, 2.05) is 0 Å². The summed E-state index contributed by atoms with van der Waals surface area (Å²) in [4.78, 5) is 10.7. The smallest absolute Gasteiger partial charge is 0.325 e. The molecule has 0 heterocycles. The molecule has 4 heteroatoms. The first-order valence-electron chi connectivity index (χ1n) is 3.80. The van der Waals surface area contributed by atoms with Gasteiger partial charge in [-0.05, 0) is 18.6 Å². The number of esters is 1. The number of benzene rings is 1. The molecular weight excluding hydrogens is 173 g/mol. The van der Waals surface area contributed by atoms with E-state index in [4.69, 9.17) is 10.5 Å². The Hall–Kier alpha value is -1.42. The molecule has 2 N–H and O–H groups in total. The number of nitrogens with two attached hydrogens (primary N) is 1. The summed E-state index contributed by atoms with van der Waals surface area (Å²) in [7, 11) is 0. The number of carbonyl (C=O) groups is 1. The van der Waals surface area contributed by atoms with Crippen LogP contribution in [0.25, 0.3) is 0 Å². The average Bonchev–Trinajstić information content (AvgIpc) is 2.11. The number of ether oxygens (including phenoxy) is 1. The van der Waals surface area contributed by atoms with E-state index in [0.29, 0.717) is 5.56 Å². The van der Waals surface area contributed by atoms with Crippen molar-refractivity contribution in [2.45, 2.75) is 6.92 Å². The first kappa shape index (κ1) is 9.67. The molecule has 1 rings (SSSR count). The van der Waals surface area contributed by atoms with Gasteiger partial charge in [0.15, 0.2) is 0 Å². The van der Waals surface area contributed by atoms with E-state index in [-0.39, 0.29) is 12.3 Å². The molecule has 0 fully saturated rings. The lowest BCUT2D eigenvalue weighted by atomic mass is 10.2. The standard InChI is InChI=1S/C9H10FNO2/c1-6-2-3-7(4-8(6)10)13-9(12)5-11/h2-4H,5,11H2,1H3. The average molecular weight is 183 g/mol. The number of hydrogen-bond donors (Lipinski definition) is 1. The van der Waals surface area contributed by atoms with E-state index in [1.165, 1.54) is 12.1 Å². The topological polar surface area (TPSA) is 52.3 Å². The first-order chi connectivity index (χ1) is 6.13. The molecule has 13 heavy (non-hydrogen) atoms. The Morgan fingerprint density at radius 3 is 2.85 bits per heavy atom. The number of aryl methyl sites for hydroxylation is 1. The molecule has 0 bridgehead atoms. The number of rotatable bonds is 2. The van der Waals surface area contributed by atoms with Crippen LogP contribution in [0.4, 0.5) is 4.39 Å². The maximum absolute atomic E-state index is 12.9. The van der Waals surface area contributed by atoms with Crippen LogP contribution < -0.4 is 10.5 Å². The van der Waals surface area contributed by atoms with Crippen molar-refractivity contribution in [3.05, 3.63) is 29.6 Å². The Morgan fingerprint density at radius 2 is 2.31 bits per heavy atom. The minimum atomic E-state index is -0.580. The maximum Gasteiger partial charge on any atom is 0.325 e. The fourth-order valence-corrected chi connectivity index (χ4v) is 0.810. The number of halogens is 1. The molecule has 0 saturated heterocycles. The zero-order chi connectivity index (χ0) is 9.84. The third kappa shape index (κ3) is 2.52. The largest absolute Gasteiger partial charge is 0.425 e. The molecule has 1 aromatic carbocycles. The molecule has 0 saturated carbocycles. The molecule has 70 valence electrons. The highest BCUT2D eigenvalue weighted by atomic mass is 19.1. The summed E-state index contributed by atoms with van der Waals surface area (Å²) in [5.41, 5.74) is 5.53. The number of hydrogen-bond acceptors (Lipinski definition) is 3. The van der Waals surface area contributed by atoms with Crippen LogP contribution in [0, 0.1) is 12.7 Å². The summed E-state index contributed by atoms with van der Waals surface area (Å²) in [6, 6.07) is 4.21. The van der Waals surface area contributed by atoms with Gasteiger partial charge in [0.05, 0.1) is 6.54 Å². The van der Waals surface area contributed by atoms with Crippen molar-refractivity contribution in [3.63, 3.8) is 0 Å². The second-order valence-electron chi connectivity index (χ2n) is 2.59. The molecule has 0 spiro atoms. The van der Waals surface area contributed by atoms with Crippen LogP contribution in [0.5, 0.6) is 5.75 Å². The minimum absolute atomic E-state index is 0.179. The van der Waals surface area contributed by atoms with Crippen molar-refractivity contribution in [2.75, 3.05) is 6.54 Å². The molecular formula is C9H10FNO2. The van der Waals surface area contributed by atoms with Gasteiger partial charge in [0.1, 0.15) is 11.6 Å². The van der Waals surface area contributed by atoms with Gasteiger partial charge in [-0.2, -0.15) is 0 Å². The predicted octanol–water partition coefficient (Wildman–Crippen LogP) is 0.998. The Balaban J connectivity index is 2.79. The molecule has 3 nitrogen and oxygen atoms in total. The SMILES string of the molecule is Cc1ccc(OC(=O)CN)cc1F. The molecule has 0 aliphatic heterocycles. The monoisotopic (exact) mass is 183 g/mol. The summed E-state index contributed by atoms with van der Waals surface area (Å²) < 4.78 is 17.6. The molecule has 0 amide bonds. The summed E-state index contributed by atoms with van der Waals surface area (Å²) in [6.07, 6.45) is 0. The third-order valence-electron chi connectivity index (χ3n) is 1.54. The third-order valence-corrected chi connectivity index (χ3v) is 1.54. The Kier molecular flexibility index (Phi) is 2.97. The van der Waals surface area contributed by atoms with Crippen LogP contribution in [0.2, 0.25) is 0 Å². The maximum atomic E-state index is 12.9. The van der Waals surface area contributed by atoms with Crippen molar-refractivity contribution in [2.24, 2.45) is 5.73 Å². The van der Waals surface area contributed by atoms with Gasteiger partial charge in [0.25, 0.3) is 0 Å². The molecule has 0 atom stereocenters. The highest BCUT2D eigenvalue weighted by Gasteiger charge is 2.04. The van der Waals surface area contributed by atoms with E-state index < -0.39 is 11.8 Å². The van der Waals surface area contributed by atoms with Gasteiger partial charge in [-0.3, -0.25) is 4.79 Å². The van der Waals surface area contributed by atoms with Crippen LogP contribution >= 0.6 is 0 Å². The van der Waals surface area contributed by atoms with Crippen LogP contribution in [-0.4, -0.2) is 12.5 Å². The van der Waals surface area contributed by atoms with Crippen molar-refractivity contribution < 1.29 is 13.9 Å². The Morgan fingerprint density at radius 1 is 1.62 bits per heavy atom. The molecule has 0 radical (unpaired) electrons. The zero-order valence-electron chi connectivity index (χ0n) is 7.21. The van der Waals surface area contributed by atoms with Crippen molar-refractivity contribution in [3.8, 4) is 5.75 Å². The van der Waals surface area contributed by atoms with Crippen LogP contribution in [-0.2, 0) is 4.79 Å². The highest BCUT2D eigenvalue weighted by molar-refractivity contribution is 5.74. The second kappa shape index (κ2) is 4.00. The lowest BCUT2D eigenvalue weighted by Gasteiger charge is -2.03. The molecule has 0 aliphatic carbocycles. The summed E-state index contributed by atoms with van der Waals surface area (Å²) in [6.45, 7) is 1.42. The van der Waals surface area contributed by atoms with Crippen molar-refractivity contribution in [1.29, 1.82) is 0 Å². The highest BCUT2D eigenvalue weighted by Crippen LogP contribution is 2.15. The predicted molar refractivity (Wildman–Crippen MR) is 45.8 cm³/mol. The van der Waals surface area contributed by atoms with E-state index in [0.717, 1.165) is 6.07 Å². The first-order valence-corrected chi connectivity index (χ1v) is 3.80. The van der Waals surface area contributed by atoms with E-state index in [9.17, 15) is 9.18 Å². The lowest BCUT2D eigenvalue weighted by molar-refractivity contribution is -0.132. The van der Waals surface area contributed by atoms with Gasteiger partial charge < -0.3 is 10.5 Å². The Labute approximate surface area is 75.3 Å². The van der Waals surface area contributed by atoms with Crippen molar-refractivity contribution >= 4 is 5.97 Å². The quantitative estimate of drug-likeness (QED) is 0.549.